The van der Waals surface area contributed by atoms with Crippen molar-refractivity contribution in [1.29, 1.82) is 0 Å². The second-order valence-corrected chi connectivity index (χ2v) is 7.80. The van der Waals surface area contributed by atoms with Crippen LogP contribution >= 0.6 is 0 Å². The summed E-state index contributed by atoms with van der Waals surface area (Å²) in [5, 5.41) is 9.46. The van der Waals surface area contributed by atoms with Crippen LogP contribution in [0.3, 0.4) is 0 Å². The van der Waals surface area contributed by atoms with E-state index in [0.717, 1.165) is 38.5 Å². The zero-order valence-corrected chi connectivity index (χ0v) is 19.3. The molecular formula is C26H36O5. The third-order valence-corrected chi connectivity index (χ3v) is 5.11. The standard InChI is InChI=1S/C26H36O5/c1-20(9-5-13-22(3)26(29)30-4)11-7-15-24(25(27)28)16-8-12-21(2)10-6-14-23-17-18-31-19-23/h10-11,13,16-19H,5-9,12,14-15H2,1-4H3,(H,27,28)/b20-11+,21-10+,22-13+,24-16+. The molecule has 170 valence electrons. The van der Waals surface area contributed by atoms with E-state index in [1.54, 1.807) is 19.5 Å². The minimum Gasteiger partial charge on any atom is -0.478 e. The highest BCUT2D eigenvalue weighted by Gasteiger charge is 2.06. The summed E-state index contributed by atoms with van der Waals surface area (Å²) in [4.78, 5) is 22.9. The van der Waals surface area contributed by atoms with E-state index in [4.69, 9.17) is 4.42 Å². The van der Waals surface area contributed by atoms with Gasteiger partial charge in [-0.05, 0) is 83.8 Å². The molecule has 1 heterocycles. The molecule has 31 heavy (non-hydrogen) atoms. The van der Waals surface area contributed by atoms with E-state index >= 15 is 0 Å². The van der Waals surface area contributed by atoms with E-state index in [2.05, 4.69) is 23.8 Å². The highest BCUT2D eigenvalue weighted by molar-refractivity contribution is 5.87. The van der Waals surface area contributed by atoms with Gasteiger partial charge in [0.25, 0.3) is 0 Å². The van der Waals surface area contributed by atoms with Crippen LogP contribution in [0.25, 0.3) is 0 Å². The molecule has 1 rings (SSSR count). The average Bonchev–Trinajstić information content (AvgIpc) is 3.25. The quantitative estimate of drug-likeness (QED) is 0.206. The first-order valence-corrected chi connectivity index (χ1v) is 10.8. The highest BCUT2D eigenvalue weighted by atomic mass is 16.5. The fourth-order valence-electron chi connectivity index (χ4n) is 3.13. The Bertz CT molecular complexity index is 807. The summed E-state index contributed by atoms with van der Waals surface area (Å²) in [6, 6.07) is 1.97. The number of hydrogen-bond acceptors (Lipinski definition) is 4. The summed E-state index contributed by atoms with van der Waals surface area (Å²) in [7, 11) is 1.37. The van der Waals surface area contributed by atoms with Gasteiger partial charge in [0.1, 0.15) is 0 Å². The Hall–Kier alpha value is -2.82. The van der Waals surface area contributed by atoms with Crippen LogP contribution in [0.2, 0.25) is 0 Å². The van der Waals surface area contributed by atoms with Crippen molar-refractivity contribution in [1.82, 2.24) is 0 Å². The molecule has 0 atom stereocenters. The molecule has 0 aromatic carbocycles. The van der Waals surface area contributed by atoms with Crippen molar-refractivity contribution in [3.8, 4) is 0 Å². The van der Waals surface area contributed by atoms with Crippen molar-refractivity contribution in [2.45, 2.75) is 72.1 Å². The first-order chi connectivity index (χ1) is 14.8. The minimum absolute atomic E-state index is 0.305. The summed E-state index contributed by atoms with van der Waals surface area (Å²) in [5.74, 6) is -1.15. The number of aryl methyl sites for hydroxylation is 1. The Morgan fingerprint density at radius 2 is 1.55 bits per heavy atom. The number of carbonyl (C=O) groups is 2. The number of esters is 1. The van der Waals surface area contributed by atoms with Gasteiger partial charge in [0.05, 0.1) is 19.6 Å². The molecule has 0 aliphatic carbocycles. The minimum atomic E-state index is -0.843. The molecule has 0 aliphatic rings. The topological polar surface area (TPSA) is 76.7 Å². The van der Waals surface area contributed by atoms with Gasteiger partial charge in [-0.3, -0.25) is 0 Å². The molecule has 0 bridgehead atoms. The Labute approximate surface area is 186 Å². The monoisotopic (exact) mass is 428 g/mol. The fourth-order valence-corrected chi connectivity index (χ4v) is 3.13. The van der Waals surface area contributed by atoms with Crippen molar-refractivity contribution in [2.75, 3.05) is 7.11 Å². The summed E-state index contributed by atoms with van der Waals surface area (Å²) >= 11 is 0. The SMILES string of the molecule is COC(=O)/C(C)=C/CC/C(C)=C/CC/C(=C\CC/C(C)=C/CCc1ccoc1)C(=O)O. The summed E-state index contributed by atoms with van der Waals surface area (Å²) in [6.45, 7) is 5.86. The zero-order valence-electron chi connectivity index (χ0n) is 19.3. The molecule has 0 amide bonds. The summed E-state index contributed by atoms with van der Waals surface area (Å²) in [5.41, 5.74) is 4.73. The number of carboxylic acid groups (broad SMARTS) is 1. The molecule has 0 fully saturated rings. The molecule has 1 aromatic rings. The van der Waals surface area contributed by atoms with E-state index in [9.17, 15) is 14.7 Å². The lowest BCUT2D eigenvalue weighted by Crippen LogP contribution is -2.01. The van der Waals surface area contributed by atoms with Gasteiger partial charge in [-0.2, -0.15) is 0 Å². The zero-order chi connectivity index (χ0) is 23.1. The number of methoxy groups -OCH3 is 1. The van der Waals surface area contributed by atoms with Crippen molar-refractivity contribution < 1.29 is 23.8 Å². The maximum Gasteiger partial charge on any atom is 0.333 e. The molecular weight excluding hydrogens is 392 g/mol. The lowest BCUT2D eigenvalue weighted by molar-refractivity contribution is -0.136. The normalized spacial score (nSPS) is 13.4. The molecule has 5 heteroatoms. The largest absolute Gasteiger partial charge is 0.478 e. The predicted molar refractivity (Wildman–Crippen MR) is 124 cm³/mol. The van der Waals surface area contributed by atoms with Crippen LogP contribution in [-0.4, -0.2) is 24.2 Å². The molecule has 0 saturated heterocycles. The summed E-state index contributed by atoms with van der Waals surface area (Å²) in [6.07, 6.45) is 17.8. The van der Waals surface area contributed by atoms with Crippen molar-refractivity contribution >= 4 is 11.9 Å². The molecule has 5 nitrogen and oxygen atoms in total. The Kier molecular flexibility index (Phi) is 12.7. The van der Waals surface area contributed by atoms with Crippen molar-refractivity contribution in [2.24, 2.45) is 0 Å². The summed E-state index contributed by atoms with van der Waals surface area (Å²) < 4.78 is 9.74. The second-order valence-electron chi connectivity index (χ2n) is 7.80. The maximum atomic E-state index is 11.5. The molecule has 1 N–H and O–H groups in total. The maximum absolute atomic E-state index is 11.5. The van der Waals surface area contributed by atoms with Gasteiger partial charge in [-0.25, -0.2) is 9.59 Å². The van der Waals surface area contributed by atoms with Crippen LogP contribution in [0.4, 0.5) is 0 Å². The van der Waals surface area contributed by atoms with Crippen LogP contribution < -0.4 is 0 Å². The third kappa shape index (κ3) is 11.8. The van der Waals surface area contributed by atoms with Gasteiger partial charge in [-0.1, -0.05) is 35.5 Å². The van der Waals surface area contributed by atoms with Crippen LogP contribution in [-0.2, 0) is 20.7 Å². The number of rotatable bonds is 14. The van der Waals surface area contributed by atoms with Gasteiger partial charge >= 0.3 is 11.9 Å². The first-order valence-electron chi connectivity index (χ1n) is 10.8. The predicted octanol–water partition coefficient (Wildman–Crippen LogP) is 6.58. The third-order valence-electron chi connectivity index (χ3n) is 5.11. The molecule has 0 saturated carbocycles. The van der Waals surface area contributed by atoms with E-state index in [1.165, 1.54) is 23.8 Å². The Morgan fingerprint density at radius 1 is 0.935 bits per heavy atom. The fraction of sp³-hybridized carbons (Fsp3) is 0.462. The highest BCUT2D eigenvalue weighted by Crippen LogP contribution is 2.15. The van der Waals surface area contributed by atoms with Gasteiger partial charge in [0.15, 0.2) is 0 Å². The van der Waals surface area contributed by atoms with Crippen LogP contribution in [0, 0.1) is 0 Å². The van der Waals surface area contributed by atoms with Gasteiger partial charge in [-0.15, -0.1) is 0 Å². The van der Waals surface area contributed by atoms with Crippen molar-refractivity contribution in [3.05, 3.63) is 70.8 Å². The number of carbonyl (C=O) groups excluding carboxylic acids is 1. The Morgan fingerprint density at radius 3 is 2.13 bits per heavy atom. The molecule has 0 radical (unpaired) electrons. The number of allylic oxidation sites excluding steroid dienone is 6. The van der Waals surface area contributed by atoms with Gasteiger partial charge in [0.2, 0.25) is 0 Å². The molecule has 0 spiro atoms. The van der Waals surface area contributed by atoms with Crippen LogP contribution in [0.1, 0.15) is 71.3 Å². The van der Waals surface area contributed by atoms with E-state index in [-0.39, 0.29) is 5.97 Å². The molecule has 0 aliphatic heterocycles. The molecule has 1 aromatic heterocycles. The number of aliphatic carboxylic acids is 1. The average molecular weight is 429 g/mol. The second kappa shape index (κ2) is 15.1. The van der Waals surface area contributed by atoms with E-state index < -0.39 is 5.97 Å². The lowest BCUT2D eigenvalue weighted by Gasteiger charge is -2.04. The number of ether oxygens (including phenoxy) is 1. The molecule has 0 unspecified atom stereocenters. The van der Waals surface area contributed by atoms with Crippen LogP contribution in [0.5, 0.6) is 0 Å². The smallest absolute Gasteiger partial charge is 0.333 e. The Balaban J connectivity index is 2.40. The van der Waals surface area contributed by atoms with Gasteiger partial charge < -0.3 is 14.3 Å². The van der Waals surface area contributed by atoms with Crippen molar-refractivity contribution in [3.63, 3.8) is 0 Å². The number of furan rings is 1. The first kappa shape index (κ1) is 26.2. The van der Waals surface area contributed by atoms with E-state index in [0.29, 0.717) is 24.0 Å². The number of carboxylic acids is 1. The van der Waals surface area contributed by atoms with Crippen LogP contribution in [0.15, 0.2) is 69.6 Å². The van der Waals surface area contributed by atoms with E-state index in [1.807, 2.05) is 25.1 Å². The number of hydrogen-bond donors (Lipinski definition) is 1. The van der Waals surface area contributed by atoms with Gasteiger partial charge in [0, 0.05) is 11.1 Å². The lowest BCUT2D eigenvalue weighted by atomic mass is 10.0.